The molecule has 5 nitrogen and oxygen atoms in total. The van der Waals surface area contributed by atoms with E-state index in [-0.39, 0.29) is 53.0 Å². The number of hydrogen-bond donors (Lipinski definition) is 2. The van der Waals surface area contributed by atoms with Gasteiger partial charge in [0.25, 0.3) is 0 Å². The fourth-order valence-corrected chi connectivity index (χ4v) is 9.87. The van der Waals surface area contributed by atoms with Crippen LogP contribution in [-0.2, 0) is 14.3 Å². The molecule has 5 rings (SSSR count). The largest absolute Gasteiger partial charge is 0.392 e. The predicted octanol–water partition coefficient (Wildman–Crippen LogP) is 4.80. The molecule has 194 valence electrons. The molecule has 0 amide bonds. The van der Waals surface area contributed by atoms with Gasteiger partial charge in [-0.05, 0) is 67.8 Å². The molecule has 35 heavy (non-hydrogen) atoms. The summed E-state index contributed by atoms with van der Waals surface area (Å²) in [5, 5.41) is 22.5. The normalized spacial score (nSPS) is 52.5. The lowest BCUT2D eigenvalue weighted by molar-refractivity contribution is -0.206. The van der Waals surface area contributed by atoms with Crippen molar-refractivity contribution in [1.29, 1.82) is 0 Å². The lowest BCUT2D eigenvalue weighted by atomic mass is 9.38. The standard InChI is InChI=1S/C30H44O5/c1-16(2)24(33)19-14-29(7,34)25-20(35-19)13-27(5)21-11-9-17-18(10-12-22(31)26(17,3)4)30(21,8)23(32)15-28(25,27)6/h9,18-22,25,31,34H,1,10-15H2,2-8H3. The minimum atomic E-state index is -1.11. The maximum Gasteiger partial charge on any atom is 0.186 e. The molecular weight excluding hydrogens is 440 g/mol. The molecule has 1 saturated heterocycles. The van der Waals surface area contributed by atoms with Crippen LogP contribution in [0.3, 0.4) is 0 Å². The highest BCUT2D eigenvalue weighted by Crippen LogP contribution is 2.75. The van der Waals surface area contributed by atoms with E-state index in [1.165, 1.54) is 5.57 Å². The van der Waals surface area contributed by atoms with Crippen LogP contribution in [0.5, 0.6) is 0 Å². The number of fused-ring (bicyclic) bond motifs is 7. The molecule has 4 aliphatic carbocycles. The number of carbonyl (C=O) groups is 2. The molecule has 0 radical (unpaired) electrons. The van der Waals surface area contributed by atoms with Crippen molar-refractivity contribution in [3.8, 4) is 0 Å². The fourth-order valence-electron chi connectivity index (χ4n) is 9.87. The molecule has 1 heterocycles. The lowest BCUT2D eigenvalue weighted by Gasteiger charge is -2.65. The Morgan fingerprint density at radius 3 is 2.37 bits per heavy atom. The molecule has 3 saturated carbocycles. The summed E-state index contributed by atoms with van der Waals surface area (Å²) in [7, 11) is 0. The van der Waals surface area contributed by atoms with Gasteiger partial charge in [0.1, 0.15) is 11.9 Å². The lowest BCUT2D eigenvalue weighted by Crippen LogP contribution is -2.65. The molecule has 0 spiro atoms. The van der Waals surface area contributed by atoms with Crippen molar-refractivity contribution < 1.29 is 24.5 Å². The maximum absolute atomic E-state index is 14.3. The Hall–Kier alpha value is -1.30. The first-order valence-electron chi connectivity index (χ1n) is 13.5. The summed E-state index contributed by atoms with van der Waals surface area (Å²) in [4.78, 5) is 27.1. The van der Waals surface area contributed by atoms with E-state index in [0.29, 0.717) is 24.2 Å². The highest BCUT2D eigenvalue weighted by Gasteiger charge is 2.75. The first-order valence-corrected chi connectivity index (χ1v) is 13.5. The van der Waals surface area contributed by atoms with Crippen LogP contribution < -0.4 is 0 Å². The molecule has 0 bridgehead atoms. The topological polar surface area (TPSA) is 83.8 Å². The second-order valence-electron chi connectivity index (χ2n) is 14.1. The monoisotopic (exact) mass is 484 g/mol. The number of hydrogen-bond acceptors (Lipinski definition) is 5. The van der Waals surface area contributed by atoms with E-state index in [1.807, 2.05) is 6.92 Å². The number of aliphatic hydroxyl groups is 2. The van der Waals surface area contributed by atoms with Gasteiger partial charge in [-0.3, -0.25) is 9.59 Å². The minimum Gasteiger partial charge on any atom is -0.392 e. The third kappa shape index (κ3) is 3.04. The Balaban J connectivity index is 1.59. The molecule has 10 unspecified atom stereocenters. The summed E-state index contributed by atoms with van der Waals surface area (Å²) >= 11 is 0. The van der Waals surface area contributed by atoms with E-state index in [2.05, 4.69) is 47.3 Å². The minimum absolute atomic E-state index is 0.126. The molecule has 0 aromatic carbocycles. The van der Waals surface area contributed by atoms with Crippen molar-refractivity contribution in [3.05, 3.63) is 23.8 Å². The van der Waals surface area contributed by atoms with Gasteiger partial charge in [0.15, 0.2) is 5.78 Å². The first kappa shape index (κ1) is 25.4. The van der Waals surface area contributed by atoms with Crippen LogP contribution in [0.4, 0.5) is 0 Å². The van der Waals surface area contributed by atoms with Gasteiger partial charge in [0.2, 0.25) is 0 Å². The Kier molecular flexibility index (Phi) is 5.35. The van der Waals surface area contributed by atoms with Crippen molar-refractivity contribution >= 4 is 11.6 Å². The van der Waals surface area contributed by atoms with Crippen molar-refractivity contribution in [2.45, 2.75) is 111 Å². The molecule has 4 fully saturated rings. The molecule has 0 aromatic heterocycles. The Morgan fingerprint density at radius 2 is 1.74 bits per heavy atom. The van der Waals surface area contributed by atoms with E-state index in [9.17, 15) is 19.8 Å². The number of carbonyl (C=O) groups excluding carboxylic acids is 2. The van der Waals surface area contributed by atoms with Crippen LogP contribution >= 0.6 is 0 Å². The average Bonchev–Trinajstić information content (AvgIpc) is 2.97. The molecule has 2 N–H and O–H groups in total. The second-order valence-corrected chi connectivity index (χ2v) is 14.1. The van der Waals surface area contributed by atoms with Gasteiger partial charge in [0, 0.05) is 29.6 Å². The SMILES string of the molecule is C=C(C)C(=O)C1CC(C)(O)C2C(CC3(C)C4CC=C5C(CCC(O)C5(C)C)C4(C)C(=O)CC23C)O1. The summed E-state index contributed by atoms with van der Waals surface area (Å²) in [5.41, 5.74) is -0.875. The van der Waals surface area contributed by atoms with Crippen LogP contribution in [0.2, 0.25) is 0 Å². The summed E-state index contributed by atoms with van der Waals surface area (Å²) in [6.45, 7) is 18.3. The summed E-state index contributed by atoms with van der Waals surface area (Å²) in [6.07, 6.45) is 4.73. The van der Waals surface area contributed by atoms with E-state index in [4.69, 9.17) is 4.74 Å². The quantitative estimate of drug-likeness (QED) is 0.435. The number of allylic oxidation sites excluding steroid dienone is 1. The maximum atomic E-state index is 14.3. The highest BCUT2D eigenvalue weighted by molar-refractivity contribution is 5.98. The van der Waals surface area contributed by atoms with Gasteiger partial charge >= 0.3 is 0 Å². The Bertz CT molecular complexity index is 1020. The smallest absolute Gasteiger partial charge is 0.186 e. The molecule has 0 aromatic rings. The zero-order valence-electron chi connectivity index (χ0n) is 22.6. The van der Waals surface area contributed by atoms with Crippen LogP contribution in [-0.4, -0.2) is 45.7 Å². The molecule has 10 atom stereocenters. The highest BCUT2D eigenvalue weighted by atomic mass is 16.5. The first-order chi connectivity index (χ1) is 16.0. The number of Topliss-reactive ketones (excluding diaryl/α,β-unsaturated/α-hetero) is 2. The van der Waals surface area contributed by atoms with E-state index in [0.717, 1.165) is 19.3 Å². The molecule has 5 heteroatoms. The van der Waals surface area contributed by atoms with Gasteiger partial charge in [-0.25, -0.2) is 0 Å². The second kappa shape index (κ2) is 7.39. The predicted molar refractivity (Wildman–Crippen MR) is 134 cm³/mol. The van der Waals surface area contributed by atoms with E-state index < -0.39 is 22.5 Å². The fraction of sp³-hybridized carbons (Fsp3) is 0.800. The third-order valence-electron chi connectivity index (χ3n) is 11.9. The van der Waals surface area contributed by atoms with Crippen LogP contribution in [0.15, 0.2) is 23.8 Å². The molecular formula is C30H44O5. The van der Waals surface area contributed by atoms with E-state index in [1.54, 1.807) is 6.92 Å². The zero-order chi connectivity index (χ0) is 25.9. The van der Waals surface area contributed by atoms with Gasteiger partial charge in [-0.1, -0.05) is 52.8 Å². The Morgan fingerprint density at radius 1 is 1.09 bits per heavy atom. The summed E-state index contributed by atoms with van der Waals surface area (Å²) in [5.74, 6) is 0.208. The van der Waals surface area contributed by atoms with E-state index >= 15 is 0 Å². The van der Waals surface area contributed by atoms with Gasteiger partial charge in [0.05, 0.1) is 17.8 Å². The van der Waals surface area contributed by atoms with Crippen molar-refractivity contribution in [3.63, 3.8) is 0 Å². The van der Waals surface area contributed by atoms with Gasteiger partial charge < -0.3 is 14.9 Å². The molecule has 1 aliphatic heterocycles. The number of ether oxygens (including phenoxy) is 1. The summed E-state index contributed by atoms with van der Waals surface area (Å²) in [6, 6.07) is 0. The molecule has 5 aliphatic rings. The van der Waals surface area contributed by atoms with Crippen molar-refractivity contribution in [2.75, 3.05) is 0 Å². The average molecular weight is 485 g/mol. The van der Waals surface area contributed by atoms with Crippen molar-refractivity contribution in [2.24, 2.45) is 39.4 Å². The zero-order valence-corrected chi connectivity index (χ0v) is 22.6. The number of ketones is 2. The van der Waals surface area contributed by atoms with Gasteiger partial charge in [-0.2, -0.15) is 0 Å². The summed E-state index contributed by atoms with van der Waals surface area (Å²) < 4.78 is 6.46. The van der Waals surface area contributed by atoms with Crippen LogP contribution in [0, 0.1) is 39.4 Å². The van der Waals surface area contributed by atoms with Crippen LogP contribution in [0.25, 0.3) is 0 Å². The number of aliphatic hydroxyl groups excluding tert-OH is 1. The van der Waals surface area contributed by atoms with Crippen LogP contribution in [0.1, 0.15) is 87.0 Å². The van der Waals surface area contributed by atoms with Gasteiger partial charge in [-0.15, -0.1) is 0 Å². The Labute approximate surface area is 210 Å². The number of rotatable bonds is 2. The van der Waals surface area contributed by atoms with Crippen molar-refractivity contribution in [1.82, 2.24) is 0 Å². The third-order valence-corrected chi connectivity index (χ3v) is 11.9.